The van der Waals surface area contributed by atoms with Crippen molar-refractivity contribution in [2.24, 2.45) is 0 Å². The fourth-order valence-corrected chi connectivity index (χ4v) is 5.10. The van der Waals surface area contributed by atoms with E-state index in [0.717, 1.165) is 64.8 Å². The Morgan fingerprint density at radius 2 is 1.82 bits per heavy atom. The van der Waals surface area contributed by atoms with E-state index >= 15 is 0 Å². The predicted molar refractivity (Wildman–Crippen MR) is 148 cm³/mol. The van der Waals surface area contributed by atoms with E-state index in [2.05, 4.69) is 23.4 Å². The molecule has 38 heavy (non-hydrogen) atoms. The van der Waals surface area contributed by atoms with Gasteiger partial charge in [-0.25, -0.2) is 9.40 Å². The Morgan fingerprint density at radius 3 is 2.55 bits per heavy atom. The average Bonchev–Trinajstić information content (AvgIpc) is 3.45. The van der Waals surface area contributed by atoms with Gasteiger partial charge in [-0.2, -0.15) is 5.10 Å². The SMILES string of the molecule is CCCCCNC(=O)CN(CC(=O)N(C)N1Cc2ccc(F)cc2C1)c1cc2c(cc1C)c(C)nn2CC. The molecule has 1 N–H and O–H groups in total. The van der Waals surface area contributed by atoms with E-state index < -0.39 is 0 Å². The zero-order chi connectivity index (χ0) is 27.4. The number of hydrogen-bond donors (Lipinski definition) is 1. The van der Waals surface area contributed by atoms with Crippen molar-refractivity contribution in [1.82, 2.24) is 25.1 Å². The van der Waals surface area contributed by atoms with Gasteiger partial charge in [0.15, 0.2) is 0 Å². The van der Waals surface area contributed by atoms with Gasteiger partial charge in [0.05, 0.1) is 24.3 Å². The first-order chi connectivity index (χ1) is 18.2. The molecule has 2 amide bonds. The van der Waals surface area contributed by atoms with E-state index in [4.69, 9.17) is 0 Å². The van der Waals surface area contributed by atoms with Crippen molar-refractivity contribution in [3.8, 4) is 0 Å². The molecule has 0 atom stereocenters. The van der Waals surface area contributed by atoms with E-state index in [9.17, 15) is 14.0 Å². The summed E-state index contributed by atoms with van der Waals surface area (Å²) in [7, 11) is 1.74. The summed E-state index contributed by atoms with van der Waals surface area (Å²) in [5, 5.41) is 12.2. The van der Waals surface area contributed by atoms with E-state index in [-0.39, 0.29) is 30.7 Å². The molecular weight excluding hydrogens is 483 g/mol. The molecule has 0 saturated heterocycles. The lowest BCUT2D eigenvalue weighted by Crippen LogP contribution is -2.48. The number of nitrogens with one attached hydrogen (secondary N) is 1. The third-order valence-corrected chi connectivity index (χ3v) is 7.32. The summed E-state index contributed by atoms with van der Waals surface area (Å²) in [5.74, 6) is -0.528. The van der Waals surface area contributed by atoms with Gasteiger partial charge in [0.2, 0.25) is 5.91 Å². The summed E-state index contributed by atoms with van der Waals surface area (Å²) >= 11 is 0. The Balaban J connectivity index is 1.57. The van der Waals surface area contributed by atoms with Gasteiger partial charge in [-0.1, -0.05) is 25.8 Å². The number of anilines is 1. The fourth-order valence-electron chi connectivity index (χ4n) is 5.10. The normalized spacial score (nSPS) is 13.1. The highest BCUT2D eigenvalue weighted by Gasteiger charge is 2.28. The Hall–Kier alpha value is -3.46. The van der Waals surface area contributed by atoms with Crippen LogP contribution in [0.25, 0.3) is 10.9 Å². The van der Waals surface area contributed by atoms with Crippen LogP contribution in [0.3, 0.4) is 0 Å². The zero-order valence-electron chi connectivity index (χ0n) is 23.2. The highest BCUT2D eigenvalue weighted by molar-refractivity contribution is 5.91. The number of halogens is 1. The molecule has 0 radical (unpaired) electrons. The number of carbonyl (C=O) groups excluding carboxylic acids is 2. The Bertz CT molecular complexity index is 1320. The van der Waals surface area contributed by atoms with Crippen molar-refractivity contribution in [2.75, 3.05) is 31.6 Å². The quantitative estimate of drug-likeness (QED) is 0.380. The molecule has 0 saturated carbocycles. The van der Waals surface area contributed by atoms with Gasteiger partial charge >= 0.3 is 0 Å². The smallest absolute Gasteiger partial charge is 0.256 e. The van der Waals surface area contributed by atoms with Crippen LogP contribution in [0, 0.1) is 19.7 Å². The Kier molecular flexibility index (Phi) is 8.66. The number of carbonyl (C=O) groups is 2. The van der Waals surface area contributed by atoms with E-state index in [0.29, 0.717) is 19.6 Å². The van der Waals surface area contributed by atoms with E-state index in [1.54, 1.807) is 18.1 Å². The number of nitrogens with zero attached hydrogens (tertiary/aromatic N) is 5. The summed E-state index contributed by atoms with van der Waals surface area (Å²) in [6, 6.07) is 8.88. The lowest BCUT2D eigenvalue weighted by molar-refractivity contribution is -0.145. The molecule has 9 heteroatoms. The van der Waals surface area contributed by atoms with Crippen LogP contribution in [0.1, 0.15) is 55.5 Å². The minimum absolute atomic E-state index is 0.0334. The average molecular weight is 523 g/mol. The molecule has 1 aromatic heterocycles. The first-order valence-electron chi connectivity index (χ1n) is 13.5. The van der Waals surface area contributed by atoms with Gasteiger partial charge in [0, 0.05) is 44.3 Å². The maximum atomic E-state index is 13.7. The van der Waals surface area contributed by atoms with Gasteiger partial charge in [0.1, 0.15) is 5.82 Å². The van der Waals surface area contributed by atoms with Crippen molar-refractivity contribution in [3.05, 3.63) is 58.5 Å². The number of unbranched alkanes of at least 4 members (excludes halogenated alkanes) is 2. The van der Waals surface area contributed by atoms with Crippen molar-refractivity contribution >= 4 is 28.4 Å². The number of rotatable bonds is 11. The topological polar surface area (TPSA) is 73.7 Å². The van der Waals surface area contributed by atoms with Crippen LogP contribution in [0.5, 0.6) is 0 Å². The number of amides is 2. The molecule has 2 aromatic carbocycles. The maximum Gasteiger partial charge on any atom is 0.256 e. The van der Waals surface area contributed by atoms with Crippen LogP contribution in [0.15, 0.2) is 30.3 Å². The minimum atomic E-state index is -0.275. The highest BCUT2D eigenvalue weighted by atomic mass is 19.1. The molecule has 8 nitrogen and oxygen atoms in total. The highest BCUT2D eigenvalue weighted by Crippen LogP contribution is 2.29. The summed E-state index contributed by atoms with van der Waals surface area (Å²) in [4.78, 5) is 28.3. The molecule has 0 unspecified atom stereocenters. The number of hydrazine groups is 1. The molecule has 3 aromatic rings. The summed E-state index contributed by atoms with van der Waals surface area (Å²) in [6.45, 7) is 10.6. The van der Waals surface area contributed by atoms with Gasteiger partial charge in [-0.3, -0.25) is 19.3 Å². The maximum absolute atomic E-state index is 13.7. The van der Waals surface area contributed by atoms with E-state index in [1.165, 1.54) is 12.1 Å². The first-order valence-corrected chi connectivity index (χ1v) is 13.5. The molecule has 0 aliphatic carbocycles. The molecule has 1 aliphatic rings. The van der Waals surface area contributed by atoms with Crippen LogP contribution in [-0.2, 0) is 29.2 Å². The third-order valence-electron chi connectivity index (χ3n) is 7.32. The molecule has 0 bridgehead atoms. The fraction of sp³-hybridized carbons (Fsp3) is 0.483. The lowest BCUT2D eigenvalue weighted by atomic mass is 10.1. The van der Waals surface area contributed by atoms with Crippen LogP contribution >= 0.6 is 0 Å². The monoisotopic (exact) mass is 522 g/mol. The number of likely N-dealkylation sites (N-methyl/N-ethyl adjacent to an activating group) is 1. The standard InChI is InChI=1S/C29H39FN6O2/c1-6-8-9-12-31-28(37)18-34(26-15-27-25(13-20(26)3)21(4)32-36(27)7-2)19-29(38)33(5)35-16-22-10-11-24(30)14-23(22)17-35/h10-11,13-15H,6-9,12,16-19H2,1-5H3,(H,31,37). The van der Waals surface area contributed by atoms with Gasteiger partial charge < -0.3 is 10.2 Å². The van der Waals surface area contributed by atoms with Crippen molar-refractivity contribution in [3.63, 3.8) is 0 Å². The Labute approximate surface area is 224 Å². The van der Waals surface area contributed by atoms with Crippen LogP contribution in [0.2, 0.25) is 0 Å². The first kappa shape index (κ1) is 27.6. The van der Waals surface area contributed by atoms with Gasteiger partial charge in [-0.15, -0.1) is 0 Å². The lowest BCUT2D eigenvalue weighted by Gasteiger charge is -2.32. The van der Waals surface area contributed by atoms with Crippen molar-refractivity contribution < 1.29 is 14.0 Å². The summed E-state index contributed by atoms with van der Waals surface area (Å²) in [6.07, 6.45) is 3.07. The number of aromatic nitrogens is 2. The molecule has 1 aliphatic heterocycles. The summed E-state index contributed by atoms with van der Waals surface area (Å²) < 4.78 is 15.7. The summed E-state index contributed by atoms with van der Waals surface area (Å²) in [5.41, 5.74) is 5.66. The number of fused-ring (bicyclic) bond motifs is 2. The predicted octanol–water partition coefficient (Wildman–Crippen LogP) is 4.31. The minimum Gasteiger partial charge on any atom is -0.355 e. The van der Waals surface area contributed by atoms with Crippen molar-refractivity contribution in [2.45, 2.75) is 66.6 Å². The molecular formula is C29H39FN6O2. The van der Waals surface area contributed by atoms with E-state index in [1.807, 2.05) is 41.4 Å². The second-order valence-electron chi connectivity index (χ2n) is 10.1. The molecule has 204 valence electrons. The second-order valence-corrected chi connectivity index (χ2v) is 10.1. The zero-order valence-corrected chi connectivity index (χ0v) is 23.2. The third kappa shape index (κ3) is 5.99. The van der Waals surface area contributed by atoms with Gasteiger partial charge in [0.25, 0.3) is 5.91 Å². The van der Waals surface area contributed by atoms with Crippen LogP contribution < -0.4 is 10.2 Å². The van der Waals surface area contributed by atoms with Crippen LogP contribution in [-0.4, -0.2) is 58.3 Å². The number of benzene rings is 2. The molecule has 4 rings (SSSR count). The molecule has 0 fully saturated rings. The Morgan fingerprint density at radius 1 is 1.05 bits per heavy atom. The molecule has 0 spiro atoms. The van der Waals surface area contributed by atoms with Gasteiger partial charge in [-0.05, 0) is 68.1 Å². The molecule has 2 heterocycles. The largest absolute Gasteiger partial charge is 0.355 e. The van der Waals surface area contributed by atoms with Crippen molar-refractivity contribution in [1.29, 1.82) is 0 Å². The number of hydrogen-bond acceptors (Lipinski definition) is 5. The van der Waals surface area contributed by atoms with Crippen LogP contribution in [0.4, 0.5) is 10.1 Å². The second kappa shape index (κ2) is 11.9. The number of aryl methyl sites for hydroxylation is 3.